The molecule has 71 heavy (non-hydrogen) atoms. The molecule has 0 saturated carbocycles. The lowest BCUT2D eigenvalue weighted by atomic mass is 9.98. The Morgan fingerprint density at radius 2 is 0.915 bits per heavy atom. The van der Waals surface area contributed by atoms with Gasteiger partial charge in [-0.25, -0.2) is 0 Å². The lowest BCUT2D eigenvalue weighted by Crippen LogP contribution is -2.61. The Bertz CT molecular complexity index is 1450. The second-order valence-electron chi connectivity index (χ2n) is 19.0. The van der Waals surface area contributed by atoms with Crippen LogP contribution in [0.2, 0.25) is 0 Å². The highest BCUT2D eigenvalue weighted by Crippen LogP contribution is 2.26. The summed E-state index contributed by atoms with van der Waals surface area (Å²) in [6.07, 6.45) is 38.4. The van der Waals surface area contributed by atoms with E-state index in [1.54, 1.807) is 0 Å². The first kappa shape index (κ1) is 64.5. The van der Waals surface area contributed by atoms with Crippen molar-refractivity contribution < 1.29 is 69.0 Å². The summed E-state index contributed by atoms with van der Waals surface area (Å²) in [6, 6.07) is 0. The number of rotatable bonds is 43. The molecule has 14 nitrogen and oxygen atoms in total. The number of allylic oxidation sites excluding steroid dienone is 11. The molecule has 11 unspecified atom stereocenters. The number of aliphatic hydroxyl groups excluding tert-OH is 7. The SMILES string of the molecule is CC/C=C\C/C=C\C/C=C\C/C=C\C/C=C\CCOCC(COC1OC(COC2OC(CO)C(O)C(O)C2O)C(O)C(O)C1O)OC(=O)CCCCCCCCCCC/C=C\CCCCCCCCCC. The number of carbonyl (C=O) groups is 1. The molecule has 2 fully saturated rings. The quantitative estimate of drug-likeness (QED) is 0.0173. The van der Waals surface area contributed by atoms with Crippen molar-refractivity contribution in [2.75, 3.05) is 33.0 Å². The highest BCUT2D eigenvalue weighted by molar-refractivity contribution is 5.69. The Morgan fingerprint density at radius 3 is 1.44 bits per heavy atom. The molecule has 14 heteroatoms. The molecule has 11 atom stereocenters. The second-order valence-corrected chi connectivity index (χ2v) is 19.0. The third-order valence-electron chi connectivity index (χ3n) is 12.7. The van der Waals surface area contributed by atoms with Gasteiger partial charge in [-0.3, -0.25) is 4.79 Å². The molecule has 0 spiro atoms. The largest absolute Gasteiger partial charge is 0.457 e. The van der Waals surface area contributed by atoms with Gasteiger partial charge in [-0.05, 0) is 70.6 Å². The van der Waals surface area contributed by atoms with E-state index in [0.29, 0.717) is 19.4 Å². The van der Waals surface area contributed by atoms with Crippen molar-refractivity contribution in [1.29, 1.82) is 0 Å². The number of unbranched alkanes of at least 4 members (excludes halogenated alkanes) is 17. The fraction of sp³-hybridized carbons (Fsp3) is 0.772. The Morgan fingerprint density at radius 1 is 0.479 bits per heavy atom. The smallest absolute Gasteiger partial charge is 0.306 e. The van der Waals surface area contributed by atoms with Crippen molar-refractivity contribution in [2.45, 2.75) is 248 Å². The number of carbonyl (C=O) groups excluding carboxylic acids is 1. The van der Waals surface area contributed by atoms with Gasteiger partial charge in [-0.15, -0.1) is 0 Å². The maximum atomic E-state index is 13.0. The van der Waals surface area contributed by atoms with Crippen LogP contribution in [0.5, 0.6) is 0 Å². The average molecular weight is 1010 g/mol. The molecular weight excluding hydrogens is 909 g/mol. The lowest BCUT2D eigenvalue weighted by Gasteiger charge is -2.42. The van der Waals surface area contributed by atoms with Crippen molar-refractivity contribution in [3.05, 3.63) is 72.9 Å². The standard InChI is InChI=1S/C57H98O14/c1-3-5-7-9-11-13-15-17-19-21-22-23-24-25-26-28-30-32-34-36-38-40-49(59)69-46(43-66-41-39-37-35-33-31-29-27-20-18-16-14-12-10-8-6-4-2)44-67-56-55(65)53(63)51(61)48(71-56)45-68-57-54(64)52(62)50(60)47(42-58)70-57/h6,8,12,14,18,20-22,29,31,35,37,46-48,50-58,60-65H,3-5,7,9-11,13,15-17,19,23-28,30,32-34,36,38-45H2,1-2H3/b8-6-,14-12-,20-18-,22-21-,31-29-,37-35-. The summed E-state index contributed by atoms with van der Waals surface area (Å²) in [5.74, 6) is -0.404. The Kier molecular flexibility index (Phi) is 39.8. The summed E-state index contributed by atoms with van der Waals surface area (Å²) in [5.41, 5.74) is 0. The van der Waals surface area contributed by atoms with Crippen LogP contribution in [0.3, 0.4) is 0 Å². The van der Waals surface area contributed by atoms with Gasteiger partial charge in [0, 0.05) is 6.42 Å². The number of aliphatic hydroxyl groups is 7. The lowest BCUT2D eigenvalue weighted by molar-refractivity contribution is -0.332. The highest BCUT2D eigenvalue weighted by atomic mass is 16.7. The van der Waals surface area contributed by atoms with Gasteiger partial charge in [-0.2, -0.15) is 0 Å². The van der Waals surface area contributed by atoms with E-state index in [-0.39, 0.29) is 19.6 Å². The van der Waals surface area contributed by atoms with Gasteiger partial charge in [0.1, 0.15) is 54.9 Å². The molecule has 2 aliphatic rings. The van der Waals surface area contributed by atoms with Crippen LogP contribution in [0.25, 0.3) is 0 Å². The van der Waals surface area contributed by atoms with E-state index in [4.69, 9.17) is 28.4 Å². The number of hydrogen-bond acceptors (Lipinski definition) is 14. The van der Waals surface area contributed by atoms with Crippen LogP contribution in [-0.2, 0) is 33.2 Å². The van der Waals surface area contributed by atoms with Gasteiger partial charge in [0.2, 0.25) is 0 Å². The minimum atomic E-state index is -1.72. The van der Waals surface area contributed by atoms with Crippen LogP contribution in [0.4, 0.5) is 0 Å². The maximum Gasteiger partial charge on any atom is 0.306 e. The van der Waals surface area contributed by atoms with Crippen LogP contribution in [0.15, 0.2) is 72.9 Å². The van der Waals surface area contributed by atoms with Gasteiger partial charge >= 0.3 is 5.97 Å². The third kappa shape index (κ3) is 31.0. The highest BCUT2D eigenvalue weighted by Gasteiger charge is 2.47. The molecule has 0 amide bonds. The Hall–Kier alpha value is -2.57. The van der Waals surface area contributed by atoms with Crippen molar-refractivity contribution in [3.8, 4) is 0 Å². The van der Waals surface area contributed by atoms with Crippen molar-refractivity contribution in [2.24, 2.45) is 0 Å². The van der Waals surface area contributed by atoms with Crippen LogP contribution in [-0.4, -0.2) is 142 Å². The van der Waals surface area contributed by atoms with Crippen molar-refractivity contribution in [1.82, 2.24) is 0 Å². The predicted octanol–water partition coefficient (Wildman–Crippen LogP) is 9.08. The van der Waals surface area contributed by atoms with Gasteiger partial charge in [0.15, 0.2) is 12.6 Å². The minimum Gasteiger partial charge on any atom is -0.457 e. The summed E-state index contributed by atoms with van der Waals surface area (Å²) in [4.78, 5) is 13.0. The van der Waals surface area contributed by atoms with Gasteiger partial charge in [-0.1, -0.05) is 177 Å². The zero-order valence-electron chi connectivity index (χ0n) is 43.7. The molecule has 0 aromatic carbocycles. The molecule has 410 valence electrons. The Labute approximate surface area is 427 Å². The zero-order chi connectivity index (χ0) is 51.6. The minimum absolute atomic E-state index is 0.00366. The molecule has 0 radical (unpaired) electrons. The number of esters is 1. The summed E-state index contributed by atoms with van der Waals surface area (Å²) in [7, 11) is 0. The Balaban J connectivity index is 1.76. The van der Waals surface area contributed by atoms with Crippen LogP contribution >= 0.6 is 0 Å². The van der Waals surface area contributed by atoms with E-state index in [1.807, 2.05) is 6.08 Å². The summed E-state index contributed by atoms with van der Waals surface area (Å²) in [5, 5.41) is 72.2. The molecule has 7 N–H and O–H groups in total. The van der Waals surface area contributed by atoms with Crippen LogP contribution in [0, 0.1) is 0 Å². The molecule has 2 heterocycles. The van der Waals surface area contributed by atoms with Crippen LogP contribution < -0.4 is 0 Å². The molecule has 0 aromatic heterocycles. The van der Waals surface area contributed by atoms with E-state index >= 15 is 0 Å². The number of hydrogen-bond donors (Lipinski definition) is 7. The normalized spacial score (nSPS) is 25.9. The first-order valence-electron chi connectivity index (χ1n) is 27.5. The molecule has 0 aromatic rings. The van der Waals surface area contributed by atoms with E-state index in [0.717, 1.165) is 51.4 Å². The van der Waals surface area contributed by atoms with Crippen molar-refractivity contribution >= 4 is 5.97 Å². The third-order valence-corrected chi connectivity index (χ3v) is 12.7. The van der Waals surface area contributed by atoms with Crippen LogP contribution in [0.1, 0.15) is 181 Å². The number of ether oxygens (including phenoxy) is 6. The predicted molar refractivity (Wildman–Crippen MR) is 279 cm³/mol. The van der Waals surface area contributed by atoms with Gasteiger partial charge < -0.3 is 64.2 Å². The first-order chi connectivity index (χ1) is 34.6. The van der Waals surface area contributed by atoms with E-state index in [2.05, 4.69) is 80.7 Å². The summed E-state index contributed by atoms with van der Waals surface area (Å²) >= 11 is 0. The molecule has 0 bridgehead atoms. The topological polar surface area (TPSA) is 214 Å². The van der Waals surface area contributed by atoms with E-state index in [1.165, 1.54) is 96.3 Å². The second kappa shape index (κ2) is 43.8. The maximum absolute atomic E-state index is 13.0. The van der Waals surface area contributed by atoms with Gasteiger partial charge in [0.05, 0.1) is 33.0 Å². The average Bonchev–Trinajstić information content (AvgIpc) is 3.37. The monoisotopic (exact) mass is 1010 g/mol. The molecule has 0 aliphatic carbocycles. The summed E-state index contributed by atoms with van der Waals surface area (Å²) < 4.78 is 34.2. The summed E-state index contributed by atoms with van der Waals surface area (Å²) in [6.45, 7) is 3.34. The van der Waals surface area contributed by atoms with E-state index < -0.39 is 86.7 Å². The molecular formula is C57H98O14. The fourth-order valence-corrected chi connectivity index (χ4v) is 8.29. The molecule has 2 aliphatic heterocycles. The van der Waals surface area contributed by atoms with Gasteiger partial charge in [0.25, 0.3) is 0 Å². The zero-order valence-corrected chi connectivity index (χ0v) is 43.7. The first-order valence-corrected chi connectivity index (χ1v) is 27.5. The molecule has 2 rings (SSSR count). The molecule has 2 saturated heterocycles. The van der Waals surface area contributed by atoms with Crippen molar-refractivity contribution in [3.63, 3.8) is 0 Å². The van der Waals surface area contributed by atoms with E-state index in [9.17, 15) is 40.5 Å². The fourth-order valence-electron chi connectivity index (χ4n) is 8.29.